The first kappa shape index (κ1) is 26.8. The van der Waals surface area contributed by atoms with E-state index in [9.17, 15) is 9.59 Å². The molecule has 2 aromatic heterocycles. The van der Waals surface area contributed by atoms with Crippen molar-refractivity contribution in [1.82, 2.24) is 9.88 Å². The zero-order chi connectivity index (χ0) is 25.4. The molecule has 0 saturated heterocycles. The second-order valence-electron chi connectivity index (χ2n) is 8.98. The number of halogens is 1. The van der Waals surface area contributed by atoms with Crippen molar-refractivity contribution in [3.8, 4) is 0 Å². The van der Waals surface area contributed by atoms with E-state index >= 15 is 0 Å². The Morgan fingerprint density at radius 2 is 1.73 bits per heavy atom. The van der Waals surface area contributed by atoms with Crippen LogP contribution in [0.1, 0.15) is 35.3 Å². The Morgan fingerprint density at radius 3 is 2.49 bits per heavy atom. The molecule has 3 aromatic carbocycles. The van der Waals surface area contributed by atoms with Crippen LogP contribution in [0.4, 0.5) is 5.13 Å². The number of thiazole rings is 1. The molecule has 6 nitrogen and oxygen atoms in total. The third kappa shape index (κ3) is 4.99. The van der Waals surface area contributed by atoms with Gasteiger partial charge in [-0.25, -0.2) is 9.78 Å². The van der Waals surface area contributed by atoms with Crippen molar-refractivity contribution in [3.63, 3.8) is 0 Å². The zero-order valence-corrected chi connectivity index (χ0v) is 23.0. The lowest BCUT2D eigenvalue weighted by atomic mass is 10.0. The minimum absolute atomic E-state index is 0. The molecular formula is C29H30ClN3O3S. The molecule has 1 amide bonds. The standard InChI is InChI=1S/C29H29N3O3S.ClH/c1-5-31(6-2)15-16-32(29-30-26-19(4)18(3)11-14-25(26)36-29)27(33)23-17-22-21-10-8-7-9-20(21)12-13-24(22)35-28(23)34;/h7-14,17H,5-6,15-16H2,1-4H3;1H. The molecule has 0 N–H and O–H groups in total. The molecule has 0 aliphatic heterocycles. The van der Waals surface area contributed by atoms with Gasteiger partial charge in [-0.3, -0.25) is 9.69 Å². The summed E-state index contributed by atoms with van der Waals surface area (Å²) < 4.78 is 6.66. The highest BCUT2D eigenvalue weighted by Crippen LogP contribution is 2.33. The highest BCUT2D eigenvalue weighted by atomic mass is 35.5. The van der Waals surface area contributed by atoms with Crippen molar-refractivity contribution < 1.29 is 9.21 Å². The maximum absolute atomic E-state index is 14.0. The van der Waals surface area contributed by atoms with E-state index in [0.717, 1.165) is 50.6 Å². The summed E-state index contributed by atoms with van der Waals surface area (Å²) >= 11 is 1.47. The van der Waals surface area contributed by atoms with Crippen LogP contribution in [0.15, 0.2) is 63.8 Å². The highest BCUT2D eigenvalue weighted by Gasteiger charge is 2.26. The maximum Gasteiger partial charge on any atom is 0.349 e. The summed E-state index contributed by atoms with van der Waals surface area (Å²) in [6.45, 7) is 11.2. The Bertz CT molecular complexity index is 1660. The Balaban J connectivity index is 0.00000320. The van der Waals surface area contributed by atoms with Crippen molar-refractivity contribution in [1.29, 1.82) is 0 Å². The third-order valence-corrected chi connectivity index (χ3v) is 8.00. The van der Waals surface area contributed by atoms with Gasteiger partial charge in [0, 0.05) is 18.5 Å². The number of benzene rings is 3. The van der Waals surface area contributed by atoms with Crippen LogP contribution in [0.3, 0.4) is 0 Å². The lowest BCUT2D eigenvalue weighted by molar-refractivity contribution is 0.0980. The summed E-state index contributed by atoms with van der Waals surface area (Å²) in [5.74, 6) is -0.390. The molecule has 5 rings (SSSR count). The molecule has 8 heteroatoms. The number of likely N-dealkylation sites (N-methyl/N-ethyl adjacent to an activating group) is 1. The van der Waals surface area contributed by atoms with Crippen LogP contribution in [0, 0.1) is 13.8 Å². The lowest BCUT2D eigenvalue weighted by Gasteiger charge is -2.24. The predicted molar refractivity (Wildman–Crippen MR) is 156 cm³/mol. The topological polar surface area (TPSA) is 66.7 Å². The number of aryl methyl sites for hydroxylation is 2. The van der Waals surface area contributed by atoms with Crippen molar-refractivity contribution in [3.05, 3.63) is 81.7 Å². The smallest absolute Gasteiger partial charge is 0.349 e. The molecule has 192 valence electrons. The molecule has 2 heterocycles. The van der Waals surface area contributed by atoms with Crippen LogP contribution in [0.25, 0.3) is 32.0 Å². The predicted octanol–water partition coefficient (Wildman–Crippen LogP) is 6.58. The Hall–Kier alpha value is -3.26. The van der Waals surface area contributed by atoms with E-state index in [2.05, 4.69) is 31.7 Å². The summed E-state index contributed by atoms with van der Waals surface area (Å²) in [6.07, 6.45) is 0. The van der Waals surface area contributed by atoms with Gasteiger partial charge in [-0.1, -0.05) is 61.6 Å². The van der Waals surface area contributed by atoms with Gasteiger partial charge in [-0.15, -0.1) is 12.4 Å². The minimum atomic E-state index is -0.635. The van der Waals surface area contributed by atoms with Crippen LogP contribution in [0.2, 0.25) is 0 Å². The van der Waals surface area contributed by atoms with Crippen molar-refractivity contribution in [2.75, 3.05) is 31.1 Å². The average molecular weight is 536 g/mol. The fourth-order valence-electron chi connectivity index (χ4n) is 4.56. The Labute approximate surface area is 225 Å². The van der Waals surface area contributed by atoms with Crippen LogP contribution in [0.5, 0.6) is 0 Å². The van der Waals surface area contributed by atoms with Gasteiger partial charge in [0.15, 0.2) is 5.13 Å². The van der Waals surface area contributed by atoms with Crippen LogP contribution < -0.4 is 10.5 Å². The second-order valence-corrected chi connectivity index (χ2v) is 9.99. The molecule has 0 radical (unpaired) electrons. The van der Waals surface area contributed by atoms with E-state index in [1.165, 1.54) is 11.3 Å². The summed E-state index contributed by atoms with van der Waals surface area (Å²) in [6, 6.07) is 17.4. The first-order valence-corrected chi connectivity index (χ1v) is 13.1. The van der Waals surface area contributed by atoms with Gasteiger partial charge < -0.3 is 9.32 Å². The number of hydrogen-bond donors (Lipinski definition) is 0. The minimum Gasteiger partial charge on any atom is -0.422 e. The largest absolute Gasteiger partial charge is 0.422 e. The van der Waals surface area contributed by atoms with E-state index in [1.807, 2.05) is 43.3 Å². The quantitative estimate of drug-likeness (QED) is 0.174. The Morgan fingerprint density at radius 1 is 0.973 bits per heavy atom. The third-order valence-electron chi connectivity index (χ3n) is 6.96. The normalized spacial score (nSPS) is 11.4. The van der Waals surface area contributed by atoms with E-state index in [0.29, 0.717) is 23.8 Å². The number of carbonyl (C=O) groups is 1. The summed E-state index contributed by atoms with van der Waals surface area (Å²) in [7, 11) is 0. The molecule has 0 saturated carbocycles. The number of fused-ring (bicyclic) bond motifs is 4. The molecule has 0 fully saturated rings. The van der Waals surface area contributed by atoms with E-state index < -0.39 is 5.63 Å². The van der Waals surface area contributed by atoms with Crippen molar-refractivity contribution in [2.45, 2.75) is 27.7 Å². The molecular weight excluding hydrogens is 506 g/mol. The number of anilines is 1. The van der Waals surface area contributed by atoms with Gasteiger partial charge in [0.05, 0.1) is 10.2 Å². The Kier molecular flexibility index (Phi) is 7.97. The summed E-state index contributed by atoms with van der Waals surface area (Å²) in [5.41, 5.74) is 3.00. The van der Waals surface area contributed by atoms with E-state index in [-0.39, 0.29) is 23.9 Å². The molecule has 0 atom stereocenters. The van der Waals surface area contributed by atoms with Gasteiger partial charge in [-0.2, -0.15) is 0 Å². The number of carbonyl (C=O) groups excluding carboxylic acids is 1. The van der Waals surface area contributed by atoms with Gasteiger partial charge >= 0.3 is 5.63 Å². The van der Waals surface area contributed by atoms with Crippen LogP contribution in [-0.4, -0.2) is 42.0 Å². The van der Waals surface area contributed by atoms with Crippen LogP contribution >= 0.6 is 23.7 Å². The number of aromatic nitrogens is 1. The molecule has 0 unspecified atom stereocenters. The fourth-order valence-corrected chi connectivity index (χ4v) is 5.61. The van der Waals surface area contributed by atoms with E-state index in [1.54, 1.807) is 17.0 Å². The molecule has 5 aromatic rings. The first-order chi connectivity index (χ1) is 17.4. The highest BCUT2D eigenvalue weighted by molar-refractivity contribution is 7.22. The number of hydrogen-bond acceptors (Lipinski definition) is 6. The number of rotatable bonds is 7. The van der Waals surface area contributed by atoms with Crippen molar-refractivity contribution in [2.24, 2.45) is 0 Å². The molecule has 37 heavy (non-hydrogen) atoms. The van der Waals surface area contributed by atoms with Gasteiger partial charge in [0.1, 0.15) is 11.1 Å². The summed E-state index contributed by atoms with van der Waals surface area (Å²) in [5, 5.41) is 3.30. The lowest BCUT2D eigenvalue weighted by Crippen LogP contribution is -2.40. The monoisotopic (exact) mass is 535 g/mol. The molecule has 0 spiro atoms. The van der Waals surface area contributed by atoms with Gasteiger partial charge in [0.25, 0.3) is 5.91 Å². The number of amides is 1. The van der Waals surface area contributed by atoms with Gasteiger partial charge in [0.2, 0.25) is 0 Å². The maximum atomic E-state index is 14.0. The van der Waals surface area contributed by atoms with Crippen LogP contribution in [-0.2, 0) is 0 Å². The number of nitrogens with zero attached hydrogens (tertiary/aromatic N) is 3. The molecule has 0 bridgehead atoms. The molecule has 0 aliphatic rings. The zero-order valence-electron chi connectivity index (χ0n) is 21.4. The van der Waals surface area contributed by atoms with Crippen molar-refractivity contribution >= 4 is 66.7 Å². The molecule has 0 aliphatic carbocycles. The summed E-state index contributed by atoms with van der Waals surface area (Å²) in [4.78, 5) is 35.8. The average Bonchev–Trinajstić information content (AvgIpc) is 3.33. The fraction of sp³-hybridized carbons (Fsp3) is 0.276. The SMILES string of the molecule is CCN(CC)CCN(C(=O)c1cc2c(ccc3ccccc32)oc1=O)c1nc2c(C)c(C)ccc2s1.Cl. The first-order valence-electron chi connectivity index (χ1n) is 12.3. The second kappa shape index (κ2) is 11.0. The van der Waals surface area contributed by atoms with Gasteiger partial charge in [-0.05, 0) is 67.0 Å². The van der Waals surface area contributed by atoms with E-state index in [4.69, 9.17) is 9.40 Å².